The molecule has 3 rings (SSSR count). The van der Waals surface area contributed by atoms with Gasteiger partial charge in [-0.1, -0.05) is 34.8 Å². The smallest absolute Gasteiger partial charge is 0.207 e. The quantitative estimate of drug-likeness (QED) is 0.914. The summed E-state index contributed by atoms with van der Waals surface area (Å²) in [5.74, 6) is 0.952. The van der Waals surface area contributed by atoms with Crippen molar-refractivity contribution in [1.82, 2.24) is 9.55 Å². The summed E-state index contributed by atoms with van der Waals surface area (Å²) in [4.78, 5) is 4.46. The van der Waals surface area contributed by atoms with Gasteiger partial charge < -0.3 is 5.32 Å². The number of aromatic nitrogens is 2. The molecule has 1 aromatic heterocycles. The van der Waals surface area contributed by atoms with Crippen LogP contribution in [0.2, 0.25) is 0 Å². The summed E-state index contributed by atoms with van der Waals surface area (Å²) in [7, 11) is 0. The van der Waals surface area contributed by atoms with Crippen LogP contribution >= 0.6 is 15.9 Å². The van der Waals surface area contributed by atoms with Gasteiger partial charge in [-0.05, 0) is 37.5 Å². The first-order chi connectivity index (χ1) is 9.25. The summed E-state index contributed by atoms with van der Waals surface area (Å²) in [5, 5.41) is 3.57. The fourth-order valence-corrected chi connectivity index (χ4v) is 3.07. The maximum absolute atomic E-state index is 4.46. The van der Waals surface area contributed by atoms with E-state index in [9.17, 15) is 0 Å². The molecule has 1 aromatic carbocycles. The first kappa shape index (κ1) is 12.7. The summed E-state index contributed by atoms with van der Waals surface area (Å²) in [6.07, 6.45) is 9.04. The Morgan fingerprint density at radius 2 is 2.11 bits per heavy atom. The van der Waals surface area contributed by atoms with Crippen LogP contribution in [0.1, 0.15) is 31.2 Å². The van der Waals surface area contributed by atoms with E-state index in [1.54, 1.807) is 0 Å². The van der Waals surface area contributed by atoms with Gasteiger partial charge in [-0.2, -0.15) is 0 Å². The van der Waals surface area contributed by atoms with Crippen molar-refractivity contribution in [3.05, 3.63) is 40.6 Å². The zero-order chi connectivity index (χ0) is 13.2. The second kappa shape index (κ2) is 5.37. The average molecular weight is 320 g/mol. The molecule has 0 bridgehead atoms. The highest BCUT2D eigenvalue weighted by Gasteiger charge is 2.17. The number of imidazole rings is 1. The van der Waals surface area contributed by atoms with Gasteiger partial charge in [0.2, 0.25) is 5.95 Å². The molecule has 2 aromatic rings. The first-order valence-corrected chi connectivity index (χ1v) is 7.60. The third kappa shape index (κ3) is 2.54. The van der Waals surface area contributed by atoms with E-state index in [4.69, 9.17) is 0 Å². The second-order valence-electron chi connectivity index (χ2n) is 5.13. The van der Waals surface area contributed by atoms with Crippen LogP contribution in [0.4, 0.5) is 5.95 Å². The summed E-state index contributed by atoms with van der Waals surface area (Å²) in [6, 6.07) is 6.83. The van der Waals surface area contributed by atoms with Crippen molar-refractivity contribution in [2.45, 2.75) is 38.6 Å². The van der Waals surface area contributed by atoms with Crippen molar-refractivity contribution in [3.63, 3.8) is 0 Å². The molecule has 1 aliphatic rings. The minimum Gasteiger partial charge on any atom is -0.353 e. The van der Waals surface area contributed by atoms with E-state index in [0.29, 0.717) is 6.04 Å². The number of anilines is 1. The minimum absolute atomic E-state index is 0.577. The van der Waals surface area contributed by atoms with Crippen LogP contribution in [0, 0.1) is 6.92 Å². The molecule has 3 nitrogen and oxygen atoms in total. The second-order valence-corrected chi connectivity index (χ2v) is 5.98. The maximum Gasteiger partial charge on any atom is 0.207 e. The van der Waals surface area contributed by atoms with E-state index in [2.05, 4.69) is 55.9 Å². The molecule has 0 amide bonds. The van der Waals surface area contributed by atoms with Gasteiger partial charge in [0.25, 0.3) is 0 Å². The van der Waals surface area contributed by atoms with Crippen molar-refractivity contribution in [2.24, 2.45) is 0 Å². The molecule has 0 atom stereocenters. The highest BCUT2D eigenvalue weighted by Crippen LogP contribution is 2.27. The zero-order valence-corrected chi connectivity index (χ0v) is 12.7. The zero-order valence-electron chi connectivity index (χ0n) is 11.1. The monoisotopic (exact) mass is 319 g/mol. The molecule has 0 unspecified atom stereocenters. The first-order valence-electron chi connectivity index (χ1n) is 6.81. The fourth-order valence-electron chi connectivity index (χ4n) is 2.71. The lowest BCUT2D eigenvalue weighted by Gasteiger charge is -2.16. The Morgan fingerprint density at radius 3 is 2.89 bits per heavy atom. The summed E-state index contributed by atoms with van der Waals surface area (Å²) in [5.41, 5.74) is 2.40. The number of halogens is 1. The molecule has 0 saturated heterocycles. The number of hydrogen-bond donors (Lipinski definition) is 1. The SMILES string of the molecule is Cc1c(Br)cccc1-n1ccnc1NC1CCCC1. The van der Waals surface area contributed by atoms with Crippen LogP contribution in [-0.2, 0) is 0 Å². The Labute approximate surface area is 122 Å². The average Bonchev–Trinajstić information content (AvgIpc) is 3.05. The molecule has 1 aliphatic carbocycles. The normalized spacial score (nSPS) is 15.9. The van der Waals surface area contributed by atoms with Crippen LogP contribution in [0.3, 0.4) is 0 Å². The van der Waals surface area contributed by atoms with E-state index in [1.807, 2.05) is 12.4 Å². The molecule has 1 fully saturated rings. The molecule has 19 heavy (non-hydrogen) atoms. The van der Waals surface area contributed by atoms with E-state index in [-0.39, 0.29) is 0 Å². The molecular formula is C15H18BrN3. The molecule has 1 saturated carbocycles. The van der Waals surface area contributed by atoms with Crippen molar-refractivity contribution in [2.75, 3.05) is 5.32 Å². The van der Waals surface area contributed by atoms with E-state index in [0.717, 1.165) is 10.4 Å². The molecule has 1 heterocycles. The van der Waals surface area contributed by atoms with E-state index >= 15 is 0 Å². The Bertz CT molecular complexity index is 571. The van der Waals surface area contributed by atoms with Crippen molar-refractivity contribution in [3.8, 4) is 5.69 Å². The van der Waals surface area contributed by atoms with Gasteiger partial charge in [-0.15, -0.1) is 0 Å². The molecule has 100 valence electrons. The molecule has 0 aliphatic heterocycles. The van der Waals surface area contributed by atoms with Gasteiger partial charge in [0, 0.05) is 22.9 Å². The molecular weight excluding hydrogens is 302 g/mol. The number of hydrogen-bond acceptors (Lipinski definition) is 2. The summed E-state index contributed by atoms with van der Waals surface area (Å²) >= 11 is 3.59. The van der Waals surface area contributed by atoms with Crippen LogP contribution in [0.25, 0.3) is 5.69 Å². The number of nitrogens with one attached hydrogen (secondary N) is 1. The van der Waals surface area contributed by atoms with Gasteiger partial charge in [0.15, 0.2) is 0 Å². The maximum atomic E-state index is 4.46. The van der Waals surface area contributed by atoms with Gasteiger partial charge in [-0.3, -0.25) is 4.57 Å². The van der Waals surface area contributed by atoms with Crippen molar-refractivity contribution in [1.29, 1.82) is 0 Å². The van der Waals surface area contributed by atoms with Crippen LogP contribution in [0.5, 0.6) is 0 Å². The Hall–Kier alpha value is -1.29. The molecule has 4 heteroatoms. The van der Waals surface area contributed by atoms with Crippen LogP contribution in [0.15, 0.2) is 35.1 Å². The van der Waals surface area contributed by atoms with Gasteiger partial charge >= 0.3 is 0 Å². The lowest BCUT2D eigenvalue weighted by atomic mass is 10.2. The number of benzene rings is 1. The third-order valence-electron chi connectivity index (χ3n) is 3.83. The highest BCUT2D eigenvalue weighted by atomic mass is 79.9. The van der Waals surface area contributed by atoms with E-state index < -0.39 is 0 Å². The minimum atomic E-state index is 0.577. The van der Waals surface area contributed by atoms with E-state index in [1.165, 1.54) is 36.9 Å². The standard InChI is InChI=1S/C15H18BrN3/c1-11-13(16)7-4-8-14(11)19-10-9-17-15(19)18-12-5-2-3-6-12/h4,7-10,12H,2-3,5-6H2,1H3,(H,17,18). The largest absolute Gasteiger partial charge is 0.353 e. The Kier molecular flexibility index (Phi) is 3.60. The predicted molar refractivity (Wildman–Crippen MR) is 81.9 cm³/mol. The lowest BCUT2D eigenvalue weighted by molar-refractivity contribution is 0.740. The molecule has 1 N–H and O–H groups in total. The van der Waals surface area contributed by atoms with Crippen LogP contribution < -0.4 is 5.32 Å². The van der Waals surface area contributed by atoms with Crippen LogP contribution in [-0.4, -0.2) is 15.6 Å². The predicted octanol–water partition coefficient (Wildman–Crippen LogP) is 4.30. The lowest BCUT2D eigenvalue weighted by Crippen LogP contribution is -2.17. The summed E-state index contributed by atoms with van der Waals surface area (Å²) in [6.45, 7) is 2.12. The fraction of sp³-hybridized carbons (Fsp3) is 0.400. The Balaban J connectivity index is 1.92. The summed E-state index contributed by atoms with van der Waals surface area (Å²) < 4.78 is 3.27. The van der Waals surface area contributed by atoms with Gasteiger partial charge in [-0.25, -0.2) is 4.98 Å². The molecule has 0 spiro atoms. The molecule has 0 radical (unpaired) electrons. The van der Waals surface area contributed by atoms with Gasteiger partial charge in [0.1, 0.15) is 0 Å². The number of nitrogens with zero attached hydrogens (tertiary/aromatic N) is 2. The Morgan fingerprint density at radius 1 is 1.32 bits per heavy atom. The van der Waals surface area contributed by atoms with Crippen molar-refractivity contribution < 1.29 is 0 Å². The third-order valence-corrected chi connectivity index (χ3v) is 4.69. The highest BCUT2D eigenvalue weighted by molar-refractivity contribution is 9.10. The topological polar surface area (TPSA) is 29.9 Å². The number of rotatable bonds is 3. The van der Waals surface area contributed by atoms with Gasteiger partial charge in [0.05, 0.1) is 5.69 Å². The van der Waals surface area contributed by atoms with Crippen molar-refractivity contribution >= 4 is 21.9 Å².